The fraction of sp³-hybridized carbons (Fsp3) is 0. The Kier molecular flexibility index (Phi) is 106. The smallest absolute Gasteiger partial charge is 0.696 e. The van der Waals surface area contributed by atoms with Gasteiger partial charge in [0.25, 0.3) is 0 Å². The molecule has 0 fully saturated rings. The molecule has 0 atom stereocenters. The number of rotatable bonds is 0. The summed E-state index contributed by atoms with van der Waals surface area (Å²) in [6, 6.07) is 0. The summed E-state index contributed by atoms with van der Waals surface area (Å²) >= 11 is 3.70. The molecule has 0 aromatic carbocycles. The van der Waals surface area contributed by atoms with Gasteiger partial charge in [-0.3, -0.25) is 0 Å². The molecule has 0 aliphatic heterocycles. The molecule has 24 valence electrons. The van der Waals surface area contributed by atoms with E-state index in [9.17, 15) is 0 Å². The molecular formula is CH3LiN2S. The van der Waals surface area contributed by atoms with E-state index in [1.54, 1.807) is 0 Å². The van der Waals surface area contributed by atoms with Gasteiger partial charge in [-0.2, -0.15) is 0 Å². The average molecular weight is 82.1 g/mol. The fourth-order valence-electron chi connectivity index (χ4n) is 0. The van der Waals surface area contributed by atoms with Crippen molar-refractivity contribution in [2.45, 2.75) is 0 Å². The number of thiocyanates is 1. The predicted octanol–water partition coefficient (Wildman–Crippen LogP) is -2.82. The van der Waals surface area contributed by atoms with Crippen LogP contribution in [0.2, 0.25) is 0 Å². The second kappa shape index (κ2) is 28.4. The van der Waals surface area contributed by atoms with Crippen molar-refractivity contribution in [2.75, 3.05) is 0 Å². The van der Waals surface area contributed by atoms with Crippen LogP contribution in [0.25, 0.3) is 0 Å². The van der Waals surface area contributed by atoms with Gasteiger partial charge in [-0.05, 0) is 0 Å². The zero-order chi connectivity index (χ0) is 2.71. The molecule has 0 saturated heterocycles. The van der Waals surface area contributed by atoms with E-state index in [1.165, 1.54) is 5.40 Å². The van der Waals surface area contributed by atoms with Crippen molar-refractivity contribution in [1.82, 2.24) is 6.15 Å². The molecule has 3 N–H and O–H groups in total. The fourth-order valence-corrected chi connectivity index (χ4v) is 0. The van der Waals surface area contributed by atoms with Crippen LogP contribution in [-0.2, 0) is 12.6 Å². The van der Waals surface area contributed by atoms with Crippen molar-refractivity contribution in [3.63, 3.8) is 0 Å². The van der Waals surface area contributed by atoms with Crippen LogP contribution in [0.15, 0.2) is 0 Å². The third-order valence-corrected chi connectivity index (χ3v) is 0. The van der Waals surface area contributed by atoms with Gasteiger partial charge in [0, 0.05) is 0 Å². The van der Waals surface area contributed by atoms with Crippen molar-refractivity contribution >= 4 is 12.6 Å². The van der Waals surface area contributed by atoms with Gasteiger partial charge in [0.1, 0.15) is 0 Å². The zero-order valence-corrected chi connectivity index (χ0v) is 3.88. The molecule has 0 unspecified atom stereocenters. The molecule has 0 spiro atoms. The Morgan fingerprint density at radius 2 is 1.60 bits per heavy atom. The van der Waals surface area contributed by atoms with E-state index in [-0.39, 0.29) is 25.0 Å². The summed E-state index contributed by atoms with van der Waals surface area (Å²) in [7, 11) is 0. The molecule has 0 bridgehead atoms. The summed E-state index contributed by atoms with van der Waals surface area (Å²) in [5.41, 5.74) is 0. The quantitative estimate of drug-likeness (QED) is 0.195. The Bertz CT molecular complexity index is 31.1. The van der Waals surface area contributed by atoms with Gasteiger partial charge in [0.15, 0.2) is 0 Å². The molecule has 0 saturated carbocycles. The number of hydrogen-bond acceptors (Lipinski definition) is 3. The van der Waals surface area contributed by atoms with E-state index in [0.29, 0.717) is 0 Å². The topological polar surface area (TPSA) is 58.8 Å². The first-order valence-electron chi connectivity index (χ1n) is 0.428. The Balaban J connectivity index is -0.0000000200. The molecule has 0 aromatic heterocycles. The van der Waals surface area contributed by atoms with Gasteiger partial charge in [0.2, 0.25) is 0 Å². The molecule has 0 amide bonds. The largest absolute Gasteiger partial charge is 1.00 e. The first-order chi connectivity index (χ1) is 1.41. The zero-order valence-electron chi connectivity index (χ0n) is 3.06. The minimum Gasteiger partial charge on any atom is -0.696 e. The summed E-state index contributed by atoms with van der Waals surface area (Å²) in [5, 5.41) is 8.47. The minimum absolute atomic E-state index is 0. The molecule has 4 heteroatoms. The van der Waals surface area contributed by atoms with Gasteiger partial charge >= 0.3 is 18.9 Å². The van der Waals surface area contributed by atoms with Crippen molar-refractivity contribution in [3.05, 3.63) is 0 Å². The van der Waals surface area contributed by atoms with Crippen LogP contribution >= 0.6 is 0 Å². The van der Waals surface area contributed by atoms with E-state index in [1.807, 2.05) is 0 Å². The predicted molar refractivity (Wildman–Crippen MR) is 18.0 cm³/mol. The van der Waals surface area contributed by atoms with Crippen LogP contribution in [0, 0.1) is 10.7 Å². The molecule has 0 aliphatic carbocycles. The summed E-state index contributed by atoms with van der Waals surface area (Å²) in [4.78, 5) is 0. The van der Waals surface area contributed by atoms with Crippen molar-refractivity contribution < 1.29 is 18.9 Å². The maximum atomic E-state index is 7.13. The molecule has 0 rings (SSSR count). The first-order valence-corrected chi connectivity index (χ1v) is 0.836. The summed E-state index contributed by atoms with van der Waals surface area (Å²) in [6.07, 6.45) is 0. The van der Waals surface area contributed by atoms with Crippen LogP contribution in [0.1, 0.15) is 0 Å². The summed E-state index contributed by atoms with van der Waals surface area (Å²) in [5.74, 6) is 0. The number of hydrogen-bond donors (Lipinski definition) is 1. The summed E-state index contributed by atoms with van der Waals surface area (Å²) < 4.78 is 0. The van der Waals surface area contributed by atoms with E-state index >= 15 is 0 Å². The van der Waals surface area contributed by atoms with Gasteiger partial charge in [-0.15, -0.1) is 0 Å². The number of nitriles is 1. The van der Waals surface area contributed by atoms with Gasteiger partial charge in [0.05, 0.1) is 0 Å². The molecule has 0 radical (unpaired) electrons. The van der Waals surface area contributed by atoms with Crippen LogP contribution in [0.4, 0.5) is 0 Å². The Labute approximate surface area is 48.7 Å². The molecule has 0 aliphatic rings. The van der Waals surface area contributed by atoms with Crippen LogP contribution in [-0.4, -0.2) is 0 Å². The normalized spacial score (nSPS) is 1.40. The minimum atomic E-state index is 0. The Hall–Kier alpha value is 0.267. The third kappa shape index (κ3) is 307. The summed E-state index contributed by atoms with van der Waals surface area (Å²) in [6.45, 7) is 0. The molecular weight excluding hydrogens is 79.0 g/mol. The molecule has 0 aromatic rings. The van der Waals surface area contributed by atoms with Crippen LogP contribution < -0.4 is 25.0 Å². The maximum absolute atomic E-state index is 7.13. The molecule has 5 heavy (non-hydrogen) atoms. The average Bonchev–Trinajstić information content (AvgIpc) is 0.918. The van der Waals surface area contributed by atoms with E-state index in [2.05, 4.69) is 12.6 Å². The Morgan fingerprint density at radius 1 is 1.60 bits per heavy atom. The van der Waals surface area contributed by atoms with Crippen LogP contribution in [0.5, 0.6) is 0 Å². The van der Waals surface area contributed by atoms with Crippen molar-refractivity contribution in [1.29, 1.82) is 5.26 Å². The second-order valence-electron chi connectivity index (χ2n) is 0.0913. The standard InChI is InChI=1S/CHNS.Li.H3N/c2-1-3;;/h3H;;1H3/q;+1;/p-1. The van der Waals surface area contributed by atoms with Crippen molar-refractivity contribution in [3.8, 4) is 5.40 Å². The first kappa shape index (κ1) is 18.7. The molecule has 2 nitrogen and oxygen atoms in total. The van der Waals surface area contributed by atoms with Gasteiger partial charge < -0.3 is 18.8 Å². The van der Waals surface area contributed by atoms with Gasteiger partial charge in [-0.25, -0.2) is 5.26 Å². The van der Waals surface area contributed by atoms with Crippen LogP contribution in [0.3, 0.4) is 0 Å². The van der Waals surface area contributed by atoms with E-state index in [0.717, 1.165) is 0 Å². The second-order valence-corrected chi connectivity index (χ2v) is 0.274. The number of nitrogens with zero attached hydrogens (tertiary/aromatic N) is 1. The van der Waals surface area contributed by atoms with E-state index in [4.69, 9.17) is 5.26 Å². The van der Waals surface area contributed by atoms with E-state index < -0.39 is 0 Å². The Morgan fingerprint density at radius 3 is 1.60 bits per heavy atom. The SMILES string of the molecule is N.N#C[S-].[Li+]. The third-order valence-electron chi connectivity index (χ3n) is 0. The maximum Gasteiger partial charge on any atom is 1.00 e. The molecule has 0 heterocycles. The van der Waals surface area contributed by atoms with Crippen molar-refractivity contribution in [2.24, 2.45) is 0 Å². The van der Waals surface area contributed by atoms with Gasteiger partial charge in [-0.1, -0.05) is 5.40 Å². The monoisotopic (exact) mass is 82.0 g/mol.